The highest BCUT2D eigenvalue weighted by Crippen LogP contribution is 2.13. The first-order chi connectivity index (χ1) is 16.0. The van der Waals surface area contributed by atoms with Gasteiger partial charge in [0.1, 0.15) is 0 Å². The predicted molar refractivity (Wildman–Crippen MR) is 139 cm³/mol. The zero-order chi connectivity index (χ0) is 25.4. The minimum Gasteiger partial charge on any atom is -0.481 e. The molecule has 0 amide bonds. The van der Waals surface area contributed by atoms with Crippen LogP contribution in [0.3, 0.4) is 0 Å². The highest BCUT2D eigenvalue weighted by Gasteiger charge is 2.00. The van der Waals surface area contributed by atoms with E-state index >= 15 is 0 Å². The van der Waals surface area contributed by atoms with Gasteiger partial charge in [0.15, 0.2) is 6.29 Å². The van der Waals surface area contributed by atoms with Crippen LogP contribution in [-0.4, -0.2) is 54.0 Å². The molecule has 0 saturated carbocycles. The van der Waals surface area contributed by atoms with Crippen LogP contribution < -0.4 is 0 Å². The number of rotatable bonds is 22. The molecule has 0 aromatic heterocycles. The van der Waals surface area contributed by atoms with Gasteiger partial charge in [0.05, 0.1) is 6.61 Å². The second kappa shape index (κ2) is 35.6. The maximum atomic E-state index is 10.4. The number of carboxylic acid groups (broad SMARTS) is 1. The molecular weight excluding hydrogens is 420 g/mol. The Morgan fingerprint density at radius 1 is 0.727 bits per heavy atom. The first kappa shape index (κ1) is 36.6. The quantitative estimate of drug-likeness (QED) is 0.0895. The number of unbranched alkanes of at least 4 members (excludes halogenated alkanes) is 14. The van der Waals surface area contributed by atoms with E-state index in [9.17, 15) is 4.79 Å². The molecule has 0 rings (SSSR count). The van der Waals surface area contributed by atoms with Crippen molar-refractivity contribution in [2.45, 2.75) is 130 Å². The van der Waals surface area contributed by atoms with Crippen LogP contribution in [0.4, 0.5) is 0 Å². The third-order valence-electron chi connectivity index (χ3n) is 4.84. The van der Waals surface area contributed by atoms with Crippen molar-refractivity contribution in [3.8, 4) is 0 Å². The Kier molecular flexibility index (Phi) is 39.5. The van der Waals surface area contributed by atoms with Crippen molar-refractivity contribution in [1.82, 2.24) is 0 Å². The topological polar surface area (TPSA) is 96.2 Å². The minimum atomic E-state index is -0.663. The number of aliphatic hydroxyl groups excluding tert-OH is 2. The van der Waals surface area contributed by atoms with Crippen LogP contribution >= 0.6 is 0 Å². The van der Waals surface area contributed by atoms with Crippen molar-refractivity contribution < 1.29 is 29.6 Å². The van der Waals surface area contributed by atoms with Crippen molar-refractivity contribution in [2.75, 3.05) is 26.4 Å². The van der Waals surface area contributed by atoms with E-state index < -0.39 is 5.97 Å². The van der Waals surface area contributed by atoms with E-state index in [1.165, 1.54) is 77.0 Å². The Morgan fingerprint density at radius 2 is 1.06 bits per heavy atom. The van der Waals surface area contributed by atoms with Gasteiger partial charge in [-0.2, -0.15) is 0 Å². The molecule has 1 unspecified atom stereocenters. The molecule has 0 bridgehead atoms. The highest BCUT2D eigenvalue weighted by atomic mass is 16.7. The predicted octanol–water partition coefficient (Wildman–Crippen LogP) is 6.88. The van der Waals surface area contributed by atoms with Crippen molar-refractivity contribution >= 4 is 5.97 Å². The third kappa shape index (κ3) is 45.3. The summed E-state index contributed by atoms with van der Waals surface area (Å²) in [5.74, 6) is -0.663. The van der Waals surface area contributed by atoms with Crippen LogP contribution in [0.2, 0.25) is 0 Å². The molecule has 0 heterocycles. The summed E-state index contributed by atoms with van der Waals surface area (Å²) in [5, 5.41) is 23.7. The van der Waals surface area contributed by atoms with Crippen molar-refractivity contribution in [2.24, 2.45) is 0 Å². The van der Waals surface area contributed by atoms with E-state index in [0.29, 0.717) is 13.0 Å². The first-order valence-corrected chi connectivity index (χ1v) is 13.3. The van der Waals surface area contributed by atoms with E-state index in [2.05, 4.69) is 6.58 Å². The van der Waals surface area contributed by atoms with Gasteiger partial charge in [-0.3, -0.25) is 4.79 Å². The molecular formula is C27H56O6. The number of ether oxygens (including phenoxy) is 2. The summed E-state index contributed by atoms with van der Waals surface area (Å²) >= 11 is 0. The van der Waals surface area contributed by atoms with E-state index in [-0.39, 0.29) is 19.5 Å². The first-order valence-electron chi connectivity index (χ1n) is 13.3. The summed E-state index contributed by atoms with van der Waals surface area (Å²) in [4.78, 5) is 10.4. The van der Waals surface area contributed by atoms with Crippen LogP contribution in [0.15, 0.2) is 12.7 Å². The van der Waals surface area contributed by atoms with Gasteiger partial charge in [-0.05, 0) is 33.6 Å². The molecule has 6 heteroatoms. The fraction of sp³-hybridized carbons (Fsp3) is 0.889. The molecule has 0 aromatic rings. The van der Waals surface area contributed by atoms with E-state index in [1.807, 2.05) is 6.92 Å². The van der Waals surface area contributed by atoms with Crippen LogP contribution in [0.25, 0.3) is 0 Å². The molecule has 0 fully saturated rings. The molecule has 6 nitrogen and oxygen atoms in total. The molecule has 0 aromatic carbocycles. The van der Waals surface area contributed by atoms with Crippen molar-refractivity contribution in [1.29, 1.82) is 0 Å². The fourth-order valence-corrected chi connectivity index (χ4v) is 3.18. The molecule has 1 atom stereocenters. The lowest BCUT2D eigenvalue weighted by Gasteiger charge is -2.12. The van der Waals surface area contributed by atoms with E-state index in [1.54, 1.807) is 19.9 Å². The Labute approximate surface area is 204 Å². The Morgan fingerprint density at radius 3 is 1.39 bits per heavy atom. The van der Waals surface area contributed by atoms with Gasteiger partial charge >= 0.3 is 5.97 Å². The maximum Gasteiger partial charge on any atom is 0.303 e. The van der Waals surface area contributed by atoms with Crippen molar-refractivity contribution in [3.63, 3.8) is 0 Å². The van der Waals surface area contributed by atoms with Gasteiger partial charge in [0.25, 0.3) is 0 Å². The zero-order valence-electron chi connectivity index (χ0n) is 22.1. The Bertz CT molecular complexity index is 361. The van der Waals surface area contributed by atoms with Crippen molar-refractivity contribution in [3.05, 3.63) is 12.7 Å². The summed E-state index contributed by atoms with van der Waals surface area (Å²) in [6, 6.07) is 0. The second-order valence-corrected chi connectivity index (χ2v) is 8.14. The number of hydrogen-bond acceptors (Lipinski definition) is 5. The summed E-state index contributed by atoms with van der Waals surface area (Å²) < 4.78 is 10.9. The molecule has 3 N–H and O–H groups in total. The van der Waals surface area contributed by atoms with E-state index in [4.69, 9.17) is 24.8 Å². The molecule has 0 aliphatic rings. The third-order valence-corrected chi connectivity index (χ3v) is 4.84. The summed E-state index contributed by atoms with van der Waals surface area (Å²) in [5.41, 5.74) is 0. The number of hydrogen-bond donors (Lipinski definition) is 3. The van der Waals surface area contributed by atoms with E-state index in [0.717, 1.165) is 25.9 Å². The average Bonchev–Trinajstić information content (AvgIpc) is 2.77. The summed E-state index contributed by atoms with van der Waals surface area (Å²) in [7, 11) is 0. The molecule has 200 valence electrons. The molecule has 0 aliphatic heterocycles. The lowest BCUT2D eigenvalue weighted by molar-refractivity contribution is -0.137. The summed E-state index contributed by atoms with van der Waals surface area (Å²) in [6.07, 6.45) is 20.8. The fourth-order valence-electron chi connectivity index (χ4n) is 3.18. The molecule has 0 aliphatic carbocycles. The molecule has 33 heavy (non-hydrogen) atoms. The lowest BCUT2D eigenvalue weighted by Crippen LogP contribution is -2.13. The van der Waals surface area contributed by atoms with Crippen LogP contribution in [0.1, 0.15) is 124 Å². The lowest BCUT2D eigenvalue weighted by atomic mass is 10.0. The van der Waals surface area contributed by atoms with Gasteiger partial charge in [0.2, 0.25) is 0 Å². The van der Waals surface area contributed by atoms with Crippen LogP contribution in [0.5, 0.6) is 0 Å². The normalized spacial score (nSPS) is 11.1. The smallest absolute Gasteiger partial charge is 0.303 e. The average molecular weight is 477 g/mol. The number of carboxylic acids is 1. The molecule has 0 saturated heterocycles. The number of aliphatic carboxylic acids is 1. The Balaban J connectivity index is -0.00000134. The van der Waals surface area contributed by atoms with Crippen LogP contribution in [0, 0.1) is 0 Å². The molecule has 0 radical (unpaired) electrons. The van der Waals surface area contributed by atoms with Gasteiger partial charge in [-0.15, -0.1) is 6.58 Å². The highest BCUT2D eigenvalue weighted by molar-refractivity contribution is 5.66. The molecule has 0 spiro atoms. The Hall–Kier alpha value is -0.950. The van der Waals surface area contributed by atoms with Gasteiger partial charge in [-0.25, -0.2) is 0 Å². The monoisotopic (exact) mass is 476 g/mol. The minimum absolute atomic E-state index is 0.125. The standard InChI is InChI=1S/C23H44O4.2C2H6O/c1-3-20-26-22(2)27-21-18-16-14-12-10-8-6-4-5-7-9-11-13-15-17-19-23(24)25;2*1-2-3/h3,22H,1,4-21H2,2H3,(H,24,25);2*3H,2H2,1H3. The largest absolute Gasteiger partial charge is 0.481 e. The summed E-state index contributed by atoms with van der Waals surface area (Å²) in [6.45, 7) is 10.8. The van der Waals surface area contributed by atoms with Gasteiger partial charge in [-0.1, -0.05) is 89.5 Å². The van der Waals surface area contributed by atoms with Crippen LogP contribution in [-0.2, 0) is 14.3 Å². The zero-order valence-corrected chi connectivity index (χ0v) is 22.1. The number of aliphatic hydroxyl groups is 2. The second-order valence-electron chi connectivity index (χ2n) is 8.14. The number of carbonyl (C=O) groups is 1. The SMILES string of the molecule is C=CCOC(C)OCCCCCCCCCCCCCCCCCC(=O)O.CCO.CCO. The maximum absolute atomic E-state index is 10.4. The van der Waals surface area contributed by atoms with Gasteiger partial charge in [0, 0.05) is 26.2 Å². The van der Waals surface area contributed by atoms with Gasteiger partial charge < -0.3 is 24.8 Å².